The second-order valence-electron chi connectivity index (χ2n) is 6.57. The van der Waals surface area contributed by atoms with E-state index in [1.165, 1.54) is 20.3 Å². The summed E-state index contributed by atoms with van der Waals surface area (Å²) in [4.78, 5) is 50.2. The summed E-state index contributed by atoms with van der Waals surface area (Å²) in [6.45, 7) is -1.03. The fraction of sp³-hybridized carbons (Fsp3) is 0.400. The Hall–Kier alpha value is -3.16. The number of fused-ring (bicyclic) bond motifs is 1. The fourth-order valence-electron chi connectivity index (χ4n) is 3.46. The lowest BCUT2D eigenvalue weighted by atomic mass is 9.85. The minimum Gasteiger partial charge on any atom is -0.497 e. The van der Waals surface area contributed by atoms with Gasteiger partial charge in [0.05, 0.1) is 31.6 Å². The monoisotopic (exact) mass is 387 g/mol. The molecule has 8 nitrogen and oxygen atoms in total. The molecule has 1 aromatic rings. The molecule has 2 aliphatic rings. The number of amides is 2. The van der Waals surface area contributed by atoms with Crippen molar-refractivity contribution in [3.63, 3.8) is 0 Å². The Morgan fingerprint density at radius 1 is 1.04 bits per heavy atom. The van der Waals surface area contributed by atoms with E-state index >= 15 is 0 Å². The van der Waals surface area contributed by atoms with Crippen LogP contribution < -0.4 is 9.47 Å². The molecule has 3 rings (SSSR count). The molecule has 1 aliphatic carbocycles. The number of ketones is 1. The van der Waals surface area contributed by atoms with E-state index < -0.39 is 36.7 Å². The van der Waals surface area contributed by atoms with E-state index in [0.717, 1.165) is 4.90 Å². The van der Waals surface area contributed by atoms with Crippen molar-refractivity contribution in [1.82, 2.24) is 4.90 Å². The number of likely N-dealkylation sites (tertiary alicyclic amines) is 1. The van der Waals surface area contributed by atoms with E-state index in [9.17, 15) is 19.2 Å². The van der Waals surface area contributed by atoms with Crippen molar-refractivity contribution in [1.29, 1.82) is 0 Å². The third-order valence-corrected chi connectivity index (χ3v) is 4.96. The molecular formula is C20H21NO7. The molecule has 28 heavy (non-hydrogen) atoms. The van der Waals surface area contributed by atoms with Crippen LogP contribution in [-0.2, 0) is 19.1 Å². The first-order valence-electron chi connectivity index (χ1n) is 8.87. The lowest BCUT2D eigenvalue weighted by Gasteiger charge is -2.14. The molecule has 0 bridgehead atoms. The summed E-state index contributed by atoms with van der Waals surface area (Å²) in [5.74, 6) is -2.07. The maximum Gasteiger partial charge on any atom is 0.326 e. The van der Waals surface area contributed by atoms with Crippen LogP contribution in [0.15, 0.2) is 30.4 Å². The number of carbonyl (C=O) groups excluding carboxylic acids is 4. The molecule has 2 unspecified atom stereocenters. The molecule has 148 valence electrons. The van der Waals surface area contributed by atoms with Crippen LogP contribution >= 0.6 is 0 Å². The smallest absolute Gasteiger partial charge is 0.326 e. The van der Waals surface area contributed by atoms with Gasteiger partial charge in [-0.3, -0.25) is 24.1 Å². The van der Waals surface area contributed by atoms with E-state index in [2.05, 4.69) is 0 Å². The topological polar surface area (TPSA) is 99.2 Å². The van der Waals surface area contributed by atoms with Crippen molar-refractivity contribution in [2.45, 2.75) is 12.8 Å². The first-order valence-corrected chi connectivity index (χ1v) is 8.87. The highest BCUT2D eigenvalue weighted by molar-refractivity contribution is 6.07. The number of imide groups is 1. The quantitative estimate of drug-likeness (QED) is 0.302. The van der Waals surface area contributed by atoms with Gasteiger partial charge in [-0.2, -0.15) is 0 Å². The molecule has 2 amide bonds. The Morgan fingerprint density at radius 3 is 2.25 bits per heavy atom. The number of nitrogens with zero attached hydrogens (tertiary/aromatic N) is 1. The van der Waals surface area contributed by atoms with Crippen LogP contribution in [-0.4, -0.2) is 55.8 Å². The summed E-state index contributed by atoms with van der Waals surface area (Å²) in [5.41, 5.74) is 0.208. The second-order valence-corrected chi connectivity index (χ2v) is 6.57. The van der Waals surface area contributed by atoms with Crippen molar-refractivity contribution in [3.8, 4) is 11.5 Å². The molecule has 1 aliphatic heterocycles. The van der Waals surface area contributed by atoms with Crippen LogP contribution in [0.5, 0.6) is 11.5 Å². The highest BCUT2D eigenvalue weighted by Crippen LogP contribution is 2.34. The van der Waals surface area contributed by atoms with Gasteiger partial charge in [0.15, 0.2) is 6.61 Å². The summed E-state index contributed by atoms with van der Waals surface area (Å²) >= 11 is 0. The van der Waals surface area contributed by atoms with Gasteiger partial charge in [-0.15, -0.1) is 0 Å². The second kappa shape index (κ2) is 8.24. The van der Waals surface area contributed by atoms with E-state index in [1.807, 2.05) is 12.2 Å². The SMILES string of the molecule is COc1ccc(OC)c(C(=O)COC(=O)CN2C(=O)C3CC=CCC3C2=O)c1. The van der Waals surface area contributed by atoms with Crippen molar-refractivity contribution < 1.29 is 33.4 Å². The molecule has 1 heterocycles. The highest BCUT2D eigenvalue weighted by atomic mass is 16.5. The number of allylic oxidation sites excluding steroid dienone is 2. The number of ether oxygens (including phenoxy) is 3. The summed E-state index contributed by atoms with van der Waals surface area (Å²) in [6, 6.07) is 4.70. The van der Waals surface area contributed by atoms with Crippen LogP contribution in [0, 0.1) is 11.8 Å². The average molecular weight is 387 g/mol. The van der Waals surface area contributed by atoms with Crippen molar-refractivity contribution in [3.05, 3.63) is 35.9 Å². The number of Topliss-reactive ketones (excluding diaryl/α,β-unsaturated/α-hetero) is 1. The maximum absolute atomic E-state index is 12.4. The number of hydrogen-bond acceptors (Lipinski definition) is 7. The Morgan fingerprint density at radius 2 is 1.68 bits per heavy atom. The lowest BCUT2D eigenvalue weighted by Crippen LogP contribution is -2.37. The van der Waals surface area contributed by atoms with Crippen molar-refractivity contribution in [2.24, 2.45) is 11.8 Å². The van der Waals surface area contributed by atoms with E-state index in [0.29, 0.717) is 24.3 Å². The van der Waals surface area contributed by atoms with E-state index in [4.69, 9.17) is 14.2 Å². The number of hydrogen-bond donors (Lipinski definition) is 0. The van der Waals surface area contributed by atoms with Crippen LogP contribution in [0.4, 0.5) is 0 Å². The van der Waals surface area contributed by atoms with Crippen LogP contribution in [0.3, 0.4) is 0 Å². The summed E-state index contributed by atoms with van der Waals surface area (Å²) in [7, 11) is 2.89. The predicted octanol–water partition coefficient (Wildman–Crippen LogP) is 1.38. The maximum atomic E-state index is 12.4. The molecule has 2 atom stereocenters. The average Bonchev–Trinajstić information content (AvgIpc) is 2.96. The molecule has 0 spiro atoms. The molecule has 0 radical (unpaired) electrons. The fourth-order valence-corrected chi connectivity index (χ4v) is 3.46. The standard InChI is InChI=1S/C20H21NO7/c1-26-12-7-8-17(27-2)15(9-12)16(22)11-28-18(23)10-21-19(24)13-5-3-4-6-14(13)20(21)25/h3-4,7-9,13-14H,5-6,10-11H2,1-2H3. The highest BCUT2D eigenvalue weighted by Gasteiger charge is 2.47. The first kappa shape index (κ1) is 19.6. The Bertz CT molecular complexity index is 819. The number of methoxy groups -OCH3 is 2. The van der Waals surface area contributed by atoms with Crippen LogP contribution in [0.2, 0.25) is 0 Å². The number of carbonyl (C=O) groups is 4. The van der Waals surface area contributed by atoms with Crippen molar-refractivity contribution >= 4 is 23.6 Å². The Balaban J connectivity index is 1.60. The van der Waals surface area contributed by atoms with Gasteiger partial charge in [-0.1, -0.05) is 12.2 Å². The molecule has 1 aromatic carbocycles. The lowest BCUT2D eigenvalue weighted by molar-refractivity contribution is -0.152. The predicted molar refractivity (Wildman–Crippen MR) is 96.9 cm³/mol. The Labute approximate surface area is 162 Å². The summed E-state index contributed by atoms with van der Waals surface area (Å²) < 4.78 is 15.2. The summed E-state index contributed by atoms with van der Waals surface area (Å²) in [6.07, 6.45) is 4.73. The molecule has 0 aromatic heterocycles. The third-order valence-electron chi connectivity index (χ3n) is 4.96. The minimum absolute atomic E-state index is 0.208. The molecule has 0 saturated carbocycles. The van der Waals surface area contributed by atoms with Gasteiger partial charge < -0.3 is 14.2 Å². The largest absolute Gasteiger partial charge is 0.497 e. The van der Waals surface area contributed by atoms with Gasteiger partial charge in [0.25, 0.3) is 0 Å². The molecule has 8 heteroatoms. The normalized spacial score (nSPS) is 20.7. The molecular weight excluding hydrogens is 366 g/mol. The minimum atomic E-state index is -0.816. The molecule has 1 fully saturated rings. The van der Waals surface area contributed by atoms with Gasteiger partial charge in [0.2, 0.25) is 17.6 Å². The van der Waals surface area contributed by atoms with E-state index in [1.54, 1.807) is 12.1 Å². The first-order chi connectivity index (χ1) is 13.5. The van der Waals surface area contributed by atoms with Gasteiger partial charge in [0.1, 0.15) is 18.0 Å². The summed E-state index contributed by atoms with van der Waals surface area (Å²) in [5, 5.41) is 0. The van der Waals surface area contributed by atoms with Crippen LogP contribution in [0.25, 0.3) is 0 Å². The number of rotatable bonds is 7. The van der Waals surface area contributed by atoms with E-state index in [-0.39, 0.29) is 17.4 Å². The zero-order valence-electron chi connectivity index (χ0n) is 15.7. The molecule has 1 saturated heterocycles. The van der Waals surface area contributed by atoms with Gasteiger partial charge in [0, 0.05) is 0 Å². The van der Waals surface area contributed by atoms with Gasteiger partial charge in [-0.05, 0) is 31.0 Å². The van der Waals surface area contributed by atoms with Crippen molar-refractivity contribution in [2.75, 3.05) is 27.4 Å². The van der Waals surface area contributed by atoms with Gasteiger partial charge in [-0.25, -0.2) is 0 Å². The number of benzene rings is 1. The zero-order valence-corrected chi connectivity index (χ0v) is 15.7. The Kier molecular flexibility index (Phi) is 5.77. The van der Waals surface area contributed by atoms with Crippen LogP contribution in [0.1, 0.15) is 23.2 Å². The van der Waals surface area contributed by atoms with Gasteiger partial charge >= 0.3 is 5.97 Å². The zero-order chi connectivity index (χ0) is 20.3. The molecule has 0 N–H and O–H groups in total. The third kappa shape index (κ3) is 3.76. The number of esters is 1.